The van der Waals surface area contributed by atoms with Gasteiger partial charge in [0.05, 0.1) is 6.07 Å². The third-order valence-electron chi connectivity index (χ3n) is 3.86. The molecule has 1 aromatic carbocycles. The van der Waals surface area contributed by atoms with E-state index in [-0.39, 0.29) is 18.3 Å². The summed E-state index contributed by atoms with van der Waals surface area (Å²) in [6.45, 7) is 0.0467. The number of ether oxygens (including phenoxy) is 1. The van der Waals surface area contributed by atoms with Gasteiger partial charge in [0.2, 0.25) is 0 Å². The molecule has 0 amide bonds. The molecule has 106 valence electrons. The number of nitrogens with zero attached hydrogens (tertiary/aromatic N) is 1. The third-order valence-corrected chi connectivity index (χ3v) is 3.86. The molecule has 5 heteroatoms. The van der Waals surface area contributed by atoms with Crippen molar-refractivity contribution in [2.24, 2.45) is 5.92 Å². The molecule has 2 aliphatic rings. The van der Waals surface area contributed by atoms with Crippen LogP contribution in [-0.4, -0.2) is 18.2 Å². The van der Waals surface area contributed by atoms with Crippen molar-refractivity contribution in [2.75, 3.05) is 6.61 Å². The van der Waals surface area contributed by atoms with Gasteiger partial charge in [-0.25, -0.2) is 8.78 Å². The van der Waals surface area contributed by atoms with Crippen molar-refractivity contribution in [3.63, 3.8) is 0 Å². The predicted molar refractivity (Wildman–Crippen MR) is 69.1 cm³/mol. The molecule has 1 aromatic rings. The first-order chi connectivity index (χ1) is 9.63. The van der Waals surface area contributed by atoms with E-state index in [9.17, 15) is 14.0 Å². The van der Waals surface area contributed by atoms with E-state index in [0.29, 0.717) is 6.04 Å². The summed E-state index contributed by atoms with van der Waals surface area (Å²) in [5.74, 6) is -1.06. The fourth-order valence-corrected chi connectivity index (χ4v) is 2.38. The molecule has 0 aliphatic heterocycles. The summed E-state index contributed by atoms with van der Waals surface area (Å²) in [5, 5.41) is 12.8. The summed E-state index contributed by atoms with van der Waals surface area (Å²) < 4.78 is 32.1. The van der Waals surface area contributed by atoms with E-state index in [1.807, 2.05) is 0 Å². The average molecular weight is 278 g/mol. The molecule has 20 heavy (non-hydrogen) atoms. The van der Waals surface area contributed by atoms with Crippen LogP contribution in [0.25, 0.3) is 0 Å². The quantitative estimate of drug-likeness (QED) is 0.870. The van der Waals surface area contributed by atoms with Crippen molar-refractivity contribution in [1.82, 2.24) is 5.32 Å². The van der Waals surface area contributed by atoms with Gasteiger partial charge in [0, 0.05) is 12.1 Å². The van der Waals surface area contributed by atoms with E-state index >= 15 is 0 Å². The maximum absolute atomic E-state index is 13.5. The SMILES string of the molecule is N#CC(COc1cc(F)ccc1F)(NC1CC1)C1CC1. The molecular weight excluding hydrogens is 262 g/mol. The third kappa shape index (κ3) is 2.75. The lowest BCUT2D eigenvalue weighted by atomic mass is 9.96. The zero-order chi connectivity index (χ0) is 14.2. The lowest BCUT2D eigenvalue weighted by molar-refractivity contribution is 0.193. The van der Waals surface area contributed by atoms with Crippen LogP contribution in [0.3, 0.4) is 0 Å². The van der Waals surface area contributed by atoms with Crippen LogP contribution in [0.1, 0.15) is 25.7 Å². The Labute approximate surface area is 116 Å². The van der Waals surface area contributed by atoms with Gasteiger partial charge in [-0.15, -0.1) is 0 Å². The lowest BCUT2D eigenvalue weighted by Gasteiger charge is -2.28. The maximum atomic E-state index is 13.5. The van der Waals surface area contributed by atoms with Crippen LogP contribution >= 0.6 is 0 Å². The van der Waals surface area contributed by atoms with Gasteiger partial charge < -0.3 is 4.74 Å². The van der Waals surface area contributed by atoms with Crippen LogP contribution in [0.4, 0.5) is 8.78 Å². The smallest absolute Gasteiger partial charge is 0.165 e. The summed E-state index contributed by atoms with van der Waals surface area (Å²) in [7, 11) is 0. The van der Waals surface area contributed by atoms with Crippen LogP contribution in [-0.2, 0) is 0 Å². The Hall–Kier alpha value is -1.67. The van der Waals surface area contributed by atoms with Crippen molar-refractivity contribution in [3.05, 3.63) is 29.8 Å². The summed E-state index contributed by atoms with van der Waals surface area (Å²) in [6, 6.07) is 5.75. The first kappa shape index (κ1) is 13.3. The summed E-state index contributed by atoms with van der Waals surface area (Å²) in [4.78, 5) is 0. The lowest BCUT2D eigenvalue weighted by Crippen LogP contribution is -2.52. The van der Waals surface area contributed by atoms with E-state index in [1.165, 1.54) is 0 Å². The van der Waals surface area contributed by atoms with Crippen LogP contribution in [0, 0.1) is 28.9 Å². The van der Waals surface area contributed by atoms with E-state index < -0.39 is 17.2 Å². The second-order valence-electron chi connectivity index (χ2n) is 5.64. The Morgan fingerprint density at radius 3 is 2.65 bits per heavy atom. The second kappa shape index (κ2) is 5.02. The number of halogens is 2. The highest BCUT2D eigenvalue weighted by Gasteiger charge is 2.49. The van der Waals surface area contributed by atoms with E-state index in [1.54, 1.807) is 0 Å². The molecule has 0 saturated heterocycles. The van der Waals surface area contributed by atoms with E-state index in [0.717, 1.165) is 43.9 Å². The number of nitriles is 1. The molecule has 1 atom stereocenters. The molecule has 1 unspecified atom stereocenters. The topological polar surface area (TPSA) is 45.0 Å². The molecule has 3 rings (SSSR count). The Balaban J connectivity index is 1.73. The summed E-state index contributed by atoms with van der Waals surface area (Å²) >= 11 is 0. The zero-order valence-electron chi connectivity index (χ0n) is 11.0. The maximum Gasteiger partial charge on any atom is 0.165 e. The van der Waals surface area contributed by atoms with Gasteiger partial charge in [-0.05, 0) is 43.7 Å². The Kier molecular flexibility index (Phi) is 3.35. The predicted octanol–water partition coefficient (Wildman–Crippen LogP) is 2.77. The van der Waals surface area contributed by atoms with Crippen LogP contribution in [0.2, 0.25) is 0 Å². The van der Waals surface area contributed by atoms with Crippen LogP contribution in [0.15, 0.2) is 18.2 Å². The summed E-state index contributed by atoms with van der Waals surface area (Å²) in [6.07, 6.45) is 4.07. The van der Waals surface area contributed by atoms with Gasteiger partial charge in [0.25, 0.3) is 0 Å². The van der Waals surface area contributed by atoms with E-state index in [2.05, 4.69) is 11.4 Å². The van der Waals surface area contributed by atoms with Gasteiger partial charge in [0.15, 0.2) is 11.6 Å². The number of hydrogen-bond acceptors (Lipinski definition) is 3. The highest BCUT2D eigenvalue weighted by molar-refractivity contribution is 5.26. The zero-order valence-corrected chi connectivity index (χ0v) is 11.0. The second-order valence-corrected chi connectivity index (χ2v) is 5.64. The van der Waals surface area contributed by atoms with Gasteiger partial charge in [-0.2, -0.15) is 5.26 Å². The summed E-state index contributed by atoms with van der Waals surface area (Å²) in [5.41, 5.74) is -0.778. The van der Waals surface area contributed by atoms with Crippen molar-refractivity contribution in [2.45, 2.75) is 37.3 Å². The Morgan fingerprint density at radius 1 is 1.30 bits per heavy atom. The van der Waals surface area contributed by atoms with Gasteiger partial charge in [0.1, 0.15) is 18.0 Å². The first-order valence-electron chi connectivity index (χ1n) is 6.90. The minimum absolute atomic E-state index is 0.0467. The fourth-order valence-electron chi connectivity index (χ4n) is 2.38. The van der Waals surface area contributed by atoms with Gasteiger partial charge in [-0.3, -0.25) is 5.32 Å². The van der Waals surface area contributed by atoms with Crippen LogP contribution < -0.4 is 10.1 Å². The minimum atomic E-state index is -0.778. The molecule has 1 N–H and O–H groups in total. The molecule has 2 saturated carbocycles. The molecule has 2 aliphatic carbocycles. The minimum Gasteiger partial charge on any atom is -0.487 e. The van der Waals surface area contributed by atoms with Crippen molar-refractivity contribution >= 4 is 0 Å². The first-order valence-corrected chi connectivity index (χ1v) is 6.90. The van der Waals surface area contributed by atoms with Gasteiger partial charge >= 0.3 is 0 Å². The standard InChI is InChI=1S/C15H16F2N2O/c16-11-3-6-13(17)14(7-11)20-9-15(8-18,10-1-2-10)19-12-4-5-12/h3,6-7,10,12,19H,1-2,4-5,9H2. The molecule has 0 aromatic heterocycles. The molecule has 0 radical (unpaired) electrons. The molecule has 0 spiro atoms. The van der Waals surface area contributed by atoms with Crippen molar-refractivity contribution in [3.8, 4) is 11.8 Å². The molecule has 0 heterocycles. The highest BCUT2D eigenvalue weighted by atomic mass is 19.1. The largest absolute Gasteiger partial charge is 0.487 e. The molecular formula is C15H16F2N2O. The molecule has 0 bridgehead atoms. The number of hydrogen-bond donors (Lipinski definition) is 1. The Morgan fingerprint density at radius 2 is 2.05 bits per heavy atom. The van der Waals surface area contributed by atoms with Crippen molar-refractivity contribution < 1.29 is 13.5 Å². The van der Waals surface area contributed by atoms with Crippen LogP contribution in [0.5, 0.6) is 5.75 Å². The fraction of sp³-hybridized carbons (Fsp3) is 0.533. The normalized spacial score (nSPS) is 21.1. The molecule has 2 fully saturated rings. The Bertz CT molecular complexity index is 549. The van der Waals surface area contributed by atoms with Crippen molar-refractivity contribution in [1.29, 1.82) is 5.26 Å². The average Bonchev–Trinajstić information content (AvgIpc) is 3.30. The number of benzene rings is 1. The monoisotopic (exact) mass is 278 g/mol. The highest BCUT2D eigenvalue weighted by Crippen LogP contribution is 2.41. The van der Waals surface area contributed by atoms with E-state index in [4.69, 9.17) is 4.74 Å². The van der Waals surface area contributed by atoms with Gasteiger partial charge in [-0.1, -0.05) is 0 Å². The number of rotatable bonds is 6. The number of nitrogens with one attached hydrogen (secondary N) is 1. The molecule has 3 nitrogen and oxygen atoms in total.